The monoisotopic (exact) mass is 643 g/mol. The third-order valence-corrected chi connectivity index (χ3v) is 10.9. The molecule has 8 aromatic carbocycles. The molecule has 0 unspecified atom stereocenters. The van der Waals surface area contributed by atoms with Gasteiger partial charge in [-0.05, 0) is 76.2 Å². The Bertz CT molecular complexity index is 2810. The fourth-order valence-corrected chi connectivity index (χ4v) is 8.58. The molecule has 10 rings (SSSR count). The standard InChI is InChI=1S/C46H29NOS/c1-3-11-30(12-4-1)32-21-25-35(26-22-32)47(40-19-10-17-37-36-16-7-8-20-43(36)49-46(37)40)39-18-9-15-33-24-28-41-45(44(33)39)38-27-23-34(29-42(38)48-41)31-13-5-2-6-14-31/h1-29H. The van der Waals surface area contributed by atoms with Crippen LogP contribution in [0.15, 0.2) is 180 Å². The minimum Gasteiger partial charge on any atom is -0.456 e. The van der Waals surface area contributed by atoms with Crippen molar-refractivity contribution in [3.05, 3.63) is 176 Å². The maximum absolute atomic E-state index is 6.63. The number of hydrogen-bond acceptors (Lipinski definition) is 3. The molecule has 0 atom stereocenters. The largest absolute Gasteiger partial charge is 0.456 e. The van der Waals surface area contributed by atoms with Crippen molar-refractivity contribution in [1.82, 2.24) is 0 Å². The smallest absolute Gasteiger partial charge is 0.136 e. The Morgan fingerprint density at radius 1 is 0.408 bits per heavy atom. The van der Waals surface area contributed by atoms with E-state index in [0.717, 1.165) is 44.6 Å². The minimum atomic E-state index is 0.889. The molecule has 0 N–H and O–H groups in total. The van der Waals surface area contributed by atoms with E-state index in [0.29, 0.717) is 0 Å². The lowest BCUT2D eigenvalue weighted by Crippen LogP contribution is -2.10. The fourth-order valence-electron chi connectivity index (χ4n) is 7.37. The van der Waals surface area contributed by atoms with E-state index in [4.69, 9.17) is 4.42 Å². The van der Waals surface area contributed by atoms with E-state index in [-0.39, 0.29) is 0 Å². The lowest BCUT2D eigenvalue weighted by molar-refractivity contribution is 0.669. The number of nitrogens with zero attached hydrogens (tertiary/aromatic N) is 1. The first-order valence-corrected chi connectivity index (χ1v) is 17.4. The second-order valence-electron chi connectivity index (χ2n) is 12.5. The third kappa shape index (κ3) is 4.55. The third-order valence-electron chi connectivity index (χ3n) is 9.66. The molecule has 0 spiro atoms. The summed E-state index contributed by atoms with van der Waals surface area (Å²) in [6.45, 7) is 0. The Balaban J connectivity index is 1.25. The summed E-state index contributed by atoms with van der Waals surface area (Å²) < 4.78 is 9.19. The molecule has 0 radical (unpaired) electrons. The zero-order valence-electron chi connectivity index (χ0n) is 26.5. The molecule has 0 aliphatic heterocycles. The zero-order chi connectivity index (χ0) is 32.3. The molecule has 0 saturated carbocycles. The van der Waals surface area contributed by atoms with Crippen molar-refractivity contribution in [3.8, 4) is 22.3 Å². The second-order valence-corrected chi connectivity index (χ2v) is 13.5. The van der Waals surface area contributed by atoms with Crippen LogP contribution in [0.3, 0.4) is 0 Å². The van der Waals surface area contributed by atoms with Gasteiger partial charge >= 0.3 is 0 Å². The summed E-state index contributed by atoms with van der Waals surface area (Å²) in [6.07, 6.45) is 0. The molecule has 0 aliphatic rings. The summed E-state index contributed by atoms with van der Waals surface area (Å²) in [4.78, 5) is 2.45. The first-order valence-electron chi connectivity index (χ1n) is 16.6. The van der Waals surface area contributed by atoms with E-state index < -0.39 is 0 Å². The van der Waals surface area contributed by atoms with Gasteiger partial charge in [-0.2, -0.15) is 0 Å². The van der Waals surface area contributed by atoms with Crippen LogP contribution < -0.4 is 4.90 Å². The molecule has 10 aromatic rings. The van der Waals surface area contributed by atoms with Gasteiger partial charge in [-0.15, -0.1) is 11.3 Å². The van der Waals surface area contributed by atoms with Gasteiger partial charge in [0.2, 0.25) is 0 Å². The first kappa shape index (κ1) is 27.9. The fraction of sp³-hybridized carbons (Fsp3) is 0. The van der Waals surface area contributed by atoms with E-state index in [2.05, 4.69) is 181 Å². The Morgan fingerprint density at radius 3 is 1.88 bits per heavy atom. The number of benzene rings is 8. The number of furan rings is 1. The average molecular weight is 644 g/mol. The van der Waals surface area contributed by atoms with Crippen LogP contribution in [0.25, 0.3) is 75.1 Å². The van der Waals surface area contributed by atoms with Gasteiger partial charge in [0.15, 0.2) is 0 Å². The number of anilines is 3. The van der Waals surface area contributed by atoms with Crippen LogP contribution in [0.2, 0.25) is 0 Å². The molecular formula is C46H29NOS. The minimum absolute atomic E-state index is 0.889. The van der Waals surface area contributed by atoms with Crippen LogP contribution in [0.4, 0.5) is 17.1 Å². The van der Waals surface area contributed by atoms with E-state index >= 15 is 0 Å². The van der Waals surface area contributed by atoms with Gasteiger partial charge in [-0.3, -0.25) is 0 Å². The number of rotatable bonds is 5. The van der Waals surface area contributed by atoms with Gasteiger partial charge in [-0.25, -0.2) is 0 Å². The number of thiophene rings is 1. The number of hydrogen-bond donors (Lipinski definition) is 0. The molecule has 0 aliphatic carbocycles. The Morgan fingerprint density at radius 2 is 1.06 bits per heavy atom. The van der Waals surface area contributed by atoms with Gasteiger partial charge < -0.3 is 9.32 Å². The summed E-state index contributed by atoms with van der Waals surface area (Å²) in [6, 6.07) is 63.1. The molecule has 3 heteroatoms. The molecule has 2 aromatic heterocycles. The van der Waals surface area contributed by atoms with Crippen molar-refractivity contribution in [2.24, 2.45) is 0 Å². The predicted octanol–water partition coefficient (Wildman–Crippen LogP) is 13.9. The Labute approximate surface area is 287 Å². The van der Waals surface area contributed by atoms with Crippen molar-refractivity contribution in [3.63, 3.8) is 0 Å². The van der Waals surface area contributed by atoms with Gasteiger partial charge in [0.25, 0.3) is 0 Å². The molecule has 2 heterocycles. The highest BCUT2D eigenvalue weighted by atomic mass is 32.1. The molecule has 230 valence electrons. The summed E-state index contributed by atoms with van der Waals surface area (Å²) >= 11 is 1.86. The van der Waals surface area contributed by atoms with Crippen molar-refractivity contribution < 1.29 is 4.42 Å². The molecule has 0 saturated heterocycles. The Kier molecular flexibility index (Phi) is 6.39. The average Bonchev–Trinajstić information content (AvgIpc) is 3.75. The van der Waals surface area contributed by atoms with Gasteiger partial charge in [0.1, 0.15) is 11.2 Å². The maximum atomic E-state index is 6.63. The maximum Gasteiger partial charge on any atom is 0.136 e. The highest BCUT2D eigenvalue weighted by Crippen LogP contribution is 2.48. The van der Waals surface area contributed by atoms with Crippen molar-refractivity contribution in [1.29, 1.82) is 0 Å². The summed E-state index contributed by atoms with van der Waals surface area (Å²) in [5, 5.41) is 7.17. The van der Waals surface area contributed by atoms with Crippen molar-refractivity contribution >= 4 is 81.3 Å². The topological polar surface area (TPSA) is 16.4 Å². The summed E-state index contributed by atoms with van der Waals surface area (Å²) in [5.41, 5.74) is 9.89. The van der Waals surface area contributed by atoms with E-state index in [1.165, 1.54) is 47.6 Å². The second kappa shape index (κ2) is 11.2. The van der Waals surface area contributed by atoms with Crippen LogP contribution in [0.5, 0.6) is 0 Å². The SMILES string of the molecule is c1ccc(-c2ccc(N(c3cccc4c3sc3ccccc34)c3cccc4ccc5oc6cc(-c7ccccc7)ccc6c5c34)cc2)cc1. The van der Waals surface area contributed by atoms with E-state index in [1.54, 1.807) is 0 Å². The highest BCUT2D eigenvalue weighted by Gasteiger charge is 2.22. The normalized spacial score (nSPS) is 11.7. The molecule has 0 fully saturated rings. The lowest BCUT2D eigenvalue weighted by atomic mass is 9.98. The highest BCUT2D eigenvalue weighted by molar-refractivity contribution is 7.26. The molecule has 2 nitrogen and oxygen atoms in total. The van der Waals surface area contributed by atoms with Crippen molar-refractivity contribution in [2.45, 2.75) is 0 Å². The van der Waals surface area contributed by atoms with E-state index in [1.807, 2.05) is 11.3 Å². The first-order chi connectivity index (χ1) is 24.3. The van der Waals surface area contributed by atoms with Crippen LogP contribution in [-0.2, 0) is 0 Å². The lowest BCUT2D eigenvalue weighted by Gasteiger charge is -2.28. The van der Waals surface area contributed by atoms with Gasteiger partial charge in [-0.1, -0.05) is 127 Å². The molecule has 49 heavy (non-hydrogen) atoms. The Hall–Kier alpha value is -6.16. The molecule has 0 bridgehead atoms. The van der Waals surface area contributed by atoms with Crippen LogP contribution in [0.1, 0.15) is 0 Å². The predicted molar refractivity (Wildman–Crippen MR) is 210 cm³/mol. The zero-order valence-corrected chi connectivity index (χ0v) is 27.3. The van der Waals surface area contributed by atoms with E-state index in [9.17, 15) is 0 Å². The van der Waals surface area contributed by atoms with Crippen LogP contribution >= 0.6 is 11.3 Å². The van der Waals surface area contributed by atoms with Crippen molar-refractivity contribution in [2.75, 3.05) is 4.90 Å². The molecular weight excluding hydrogens is 615 g/mol. The van der Waals surface area contributed by atoms with Gasteiger partial charge in [0, 0.05) is 37.3 Å². The summed E-state index contributed by atoms with van der Waals surface area (Å²) in [5.74, 6) is 0. The molecule has 0 amide bonds. The quantitative estimate of drug-likeness (QED) is 0.186. The van der Waals surface area contributed by atoms with Gasteiger partial charge in [0.05, 0.1) is 16.1 Å². The number of fused-ring (bicyclic) bond motifs is 8. The summed E-state index contributed by atoms with van der Waals surface area (Å²) in [7, 11) is 0. The van der Waals surface area contributed by atoms with Crippen LogP contribution in [-0.4, -0.2) is 0 Å². The van der Waals surface area contributed by atoms with Crippen LogP contribution in [0, 0.1) is 0 Å².